The summed E-state index contributed by atoms with van der Waals surface area (Å²) >= 11 is 0. The maximum Gasteiger partial charge on any atom is 0.359 e. The molecule has 114 valence electrons. The van der Waals surface area contributed by atoms with Crippen molar-refractivity contribution >= 4 is 5.97 Å². The molecule has 2 aromatic carbocycles. The summed E-state index contributed by atoms with van der Waals surface area (Å²) in [5.41, 5.74) is 1.43. The van der Waals surface area contributed by atoms with Gasteiger partial charge in [0.05, 0.1) is 0 Å². The molecule has 0 radical (unpaired) electrons. The first-order chi connectivity index (χ1) is 10.4. The lowest BCUT2D eigenvalue weighted by atomic mass is 10.0. The van der Waals surface area contributed by atoms with Gasteiger partial charge >= 0.3 is 5.97 Å². The van der Waals surface area contributed by atoms with Crippen molar-refractivity contribution in [1.29, 1.82) is 0 Å². The second-order valence-electron chi connectivity index (χ2n) is 4.75. The van der Waals surface area contributed by atoms with E-state index in [1.807, 2.05) is 0 Å². The Labute approximate surface area is 127 Å². The number of nitrogens with one attached hydrogen (secondary N) is 1. The quantitative estimate of drug-likeness (QED) is 0.533. The zero-order chi connectivity index (χ0) is 16.3. The van der Waals surface area contributed by atoms with Crippen molar-refractivity contribution in [1.82, 2.24) is 5.32 Å². The summed E-state index contributed by atoms with van der Waals surface area (Å²) in [5.74, 6) is -2.21. The van der Waals surface area contributed by atoms with Crippen molar-refractivity contribution in [3.63, 3.8) is 0 Å². The molecule has 0 spiro atoms. The molecule has 0 amide bonds. The molecule has 0 saturated heterocycles. The molecule has 0 atom stereocenters. The van der Waals surface area contributed by atoms with Gasteiger partial charge in [-0.1, -0.05) is 24.8 Å². The third kappa shape index (κ3) is 3.31. The monoisotopic (exact) mass is 303 g/mol. The van der Waals surface area contributed by atoms with Gasteiger partial charge in [-0.25, -0.2) is 13.6 Å². The van der Waals surface area contributed by atoms with Crippen LogP contribution in [0, 0.1) is 18.6 Å². The van der Waals surface area contributed by atoms with E-state index in [1.54, 1.807) is 19.1 Å². The van der Waals surface area contributed by atoms with Crippen molar-refractivity contribution in [3.05, 3.63) is 65.9 Å². The number of carbonyl (C=O) groups is 1. The van der Waals surface area contributed by atoms with E-state index in [2.05, 4.69) is 11.9 Å². The fourth-order valence-corrected chi connectivity index (χ4v) is 1.87. The summed E-state index contributed by atoms with van der Waals surface area (Å²) < 4.78 is 32.8. The van der Waals surface area contributed by atoms with Crippen LogP contribution in [0.15, 0.2) is 48.7 Å². The zero-order valence-electron chi connectivity index (χ0n) is 12.2. The van der Waals surface area contributed by atoms with Crippen molar-refractivity contribution in [2.75, 3.05) is 7.05 Å². The molecule has 0 aromatic heterocycles. The Bertz CT molecular complexity index is 741. The Morgan fingerprint density at radius 2 is 1.86 bits per heavy atom. The second-order valence-corrected chi connectivity index (χ2v) is 4.75. The van der Waals surface area contributed by atoms with Crippen LogP contribution in [0.4, 0.5) is 8.78 Å². The van der Waals surface area contributed by atoms with E-state index in [0.29, 0.717) is 5.56 Å². The molecule has 3 nitrogen and oxygen atoms in total. The molecule has 0 saturated carbocycles. The summed E-state index contributed by atoms with van der Waals surface area (Å²) in [5, 5.41) is 2.51. The Balaban J connectivity index is 2.30. The average Bonchev–Trinajstić information content (AvgIpc) is 2.48. The Hall–Kier alpha value is -2.69. The van der Waals surface area contributed by atoms with E-state index in [1.165, 1.54) is 25.2 Å². The summed E-state index contributed by atoms with van der Waals surface area (Å²) in [4.78, 5) is 11.5. The van der Waals surface area contributed by atoms with E-state index in [-0.39, 0.29) is 17.0 Å². The summed E-state index contributed by atoms with van der Waals surface area (Å²) in [6.45, 7) is 5.19. The van der Waals surface area contributed by atoms with Gasteiger partial charge in [-0.15, -0.1) is 0 Å². The van der Waals surface area contributed by atoms with Gasteiger partial charge in [-0.3, -0.25) is 0 Å². The topological polar surface area (TPSA) is 38.3 Å². The van der Waals surface area contributed by atoms with Crippen LogP contribution >= 0.6 is 0 Å². The number of ether oxygens (including phenoxy) is 1. The first-order valence-corrected chi connectivity index (χ1v) is 6.57. The SMILES string of the molecule is C=C(NC)C(=O)Oc1ccc(-c2ccc(C)cc2F)cc1F. The largest absolute Gasteiger partial charge is 0.419 e. The van der Waals surface area contributed by atoms with Gasteiger partial charge in [0.2, 0.25) is 0 Å². The van der Waals surface area contributed by atoms with Gasteiger partial charge in [-0.2, -0.15) is 0 Å². The number of carbonyl (C=O) groups excluding carboxylic acids is 1. The number of rotatable bonds is 4. The van der Waals surface area contributed by atoms with Gasteiger partial charge in [0.25, 0.3) is 0 Å². The van der Waals surface area contributed by atoms with Crippen LogP contribution in [0.2, 0.25) is 0 Å². The number of benzene rings is 2. The predicted octanol–water partition coefficient (Wildman–Crippen LogP) is 3.58. The third-order valence-corrected chi connectivity index (χ3v) is 3.12. The highest BCUT2D eigenvalue weighted by atomic mass is 19.1. The highest BCUT2D eigenvalue weighted by Crippen LogP contribution is 2.28. The number of aryl methyl sites for hydroxylation is 1. The molecule has 0 fully saturated rings. The molecule has 5 heteroatoms. The molecule has 0 heterocycles. The number of hydrogen-bond acceptors (Lipinski definition) is 3. The number of likely N-dealkylation sites (N-methyl/N-ethyl adjacent to an activating group) is 1. The minimum Gasteiger partial charge on any atom is -0.419 e. The molecule has 0 unspecified atom stereocenters. The molecule has 0 aliphatic heterocycles. The van der Waals surface area contributed by atoms with Gasteiger partial charge in [0.1, 0.15) is 11.5 Å². The number of halogens is 2. The van der Waals surface area contributed by atoms with Gasteiger partial charge in [-0.05, 0) is 36.2 Å². The lowest BCUT2D eigenvalue weighted by Gasteiger charge is -2.09. The normalized spacial score (nSPS) is 10.2. The lowest BCUT2D eigenvalue weighted by molar-refractivity contribution is -0.130. The second kappa shape index (κ2) is 6.39. The van der Waals surface area contributed by atoms with E-state index >= 15 is 0 Å². The summed E-state index contributed by atoms with van der Waals surface area (Å²) in [6, 6.07) is 8.58. The van der Waals surface area contributed by atoms with Gasteiger partial charge in [0, 0.05) is 12.6 Å². The fraction of sp³-hybridized carbons (Fsp3) is 0.118. The molecular formula is C17H15F2NO2. The van der Waals surface area contributed by atoms with E-state index in [0.717, 1.165) is 11.6 Å². The van der Waals surface area contributed by atoms with Crippen LogP contribution in [0.5, 0.6) is 5.75 Å². The van der Waals surface area contributed by atoms with Crippen molar-refractivity contribution in [2.45, 2.75) is 6.92 Å². The smallest absolute Gasteiger partial charge is 0.359 e. The Morgan fingerprint density at radius 3 is 2.45 bits per heavy atom. The van der Waals surface area contributed by atoms with E-state index < -0.39 is 17.6 Å². The Morgan fingerprint density at radius 1 is 1.14 bits per heavy atom. The molecule has 0 aliphatic carbocycles. The molecule has 0 aliphatic rings. The van der Waals surface area contributed by atoms with Crippen LogP contribution < -0.4 is 10.1 Å². The highest BCUT2D eigenvalue weighted by Gasteiger charge is 2.14. The van der Waals surface area contributed by atoms with Crippen LogP contribution in [-0.2, 0) is 4.79 Å². The van der Waals surface area contributed by atoms with E-state index in [4.69, 9.17) is 4.74 Å². The van der Waals surface area contributed by atoms with E-state index in [9.17, 15) is 13.6 Å². The maximum atomic E-state index is 14.0. The zero-order valence-corrected chi connectivity index (χ0v) is 12.2. The average molecular weight is 303 g/mol. The number of hydrogen-bond donors (Lipinski definition) is 1. The summed E-state index contributed by atoms with van der Waals surface area (Å²) in [7, 11) is 1.50. The van der Waals surface area contributed by atoms with Crippen LogP contribution in [0.1, 0.15) is 5.56 Å². The van der Waals surface area contributed by atoms with Crippen molar-refractivity contribution < 1.29 is 18.3 Å². The third-order valence-electron chi connectivity index (χ3n) is 3.12. The standard InChI is InChI=1S/C17H15F2NO2/c1-10-4-6-13(14(18)8-10)12-5-7-16(15(19)9-12)22-17(21)11(2)20-3/h4-9,20H,2H2,1,3H3. The van der Waals surface area contributed by atoms with Crippen LogP contribution in [0.25, 0.3) is 11.1 Å². The molecular weight excluding hydrogens is 288 g/mol. The first-order valence-electron chi connectivity index (χ1n) is 6.57. The predicted molar refractivity (Wildman–Crippen MR) is 80.4 cm³/mol. The molecule has 0 bridgehead atoms. The van der Waals surface area contributed by atoms with Crippen LogP contribution in [0.3, 0.4) is 0 Å². The summed E-state index contributed by atoms with van der Waals surface area (Å²) in [6.07, 6.45) is 0. The first kappa shape index (κ1) is 15.7. The Kier molecular flexibility index (Phi) is 4.56. The maximum absolute atomic E-state index is 14.0. The van der Waals surface area contributed by atoms with Gasteiger partial charge in [0.15, 0.2) is 11.6 Å². The van der Waals surface area contributed by atoms with Crippen LogP contribution in [-0.4, -0.2) is 13.0 Å². The molecule has 1 N–H and O–H groups in total. The molecule has 2 rings (SSSR count). The van der Waals surface area contributed by atoms with Crippen molar-refractivity contribution in [3.8, 4) is 16.9 Å². The lowest BCUT2D eigenvalue weighted by Crippen LogP contribution is -2.20. The molecule has 2 aromatic rings. The fourth-order valence-electron chi connectivity index (χ4n) is 1.87. The number of esters is 1. The highest BCUT2D eigenvalue weighted by molar-refractivity contribution is 5.88. The minimum atomic E-state index is -0.782. The molecule has 22 heavy (non-hydrogen) atoms. The van der Waals surface area contributed by atoms with Crippen molar-refractivity contribution in [2.24, 2.45) is 0 Å². The van der Waals surface area contributed by atoms with Gasteiger partial charge < -0.3 is 10.1 Å². The minimum absolute atomic E-state index is 0.00746.